The molecule has 0 unspecified atom stereocenters. The van der Waals surface area contributed by atoms with Crippen molar-refractivity contribution in [3.63, 3.8) is 0 Å². The van der Waals surface area contributed by atoms with Gasteiger partial charge in [0.2, 0.25) is 0 Å². The molecule has 0 radical (unpaired) electrons. The van der Waals surface area contributed by atoms with Gasteiger partial charge in [0, 0.05) is 12.1 Å². The summed E-state index contributed by atoms with van der Waals surface area (Å²) in [6.07, 6.45) is 4.86. The summed E-state index contributed by atoms with van der Waals surface area (Å²) in [5, 5.41) is 12.8. The van der Waals surface area contributed by atoms with Gasteiger partial charge in [-0.05, 0) is 37.0 Å². The van der Waals surface area contributed by atoms with E-state index in [9.17, 15) is 5.11 Å². The van der Waals surface area contributed by atoms with Crippen LogP contribution < -0.4 is 5.32 Å². The molecule has 0 bridgehead atoms. The van der Waals surface area contributed by atoms with Crippen molar-refractivity contribution in [1.82, 2.24) is 5.32 Å². The van der Waals surface area contributed by atoms with Crippen molar-refractivity contribution in [2.24, 2.45) is 11.3 Å². The molecule has 0 aliphatic heterocycles. The molecule has 0 aromatic heterocycles. The van der Waals surface area contributed by atoms with Crippen molar-refractivity contribution in [3.8, 4) is 0 Å². The monoisotopic (exact) mass is 213 g/mol. The fourth-order valence-corrected chi connectivity index (χ4v) is 3.11. The highest BCUT2D eigenvalue weighted by atomic mass is 16.3. The minimum atomic E-state index is 0.266. The molecule has 2 N–H and O–H groups in total. The topological polar surface area (TPSA) is 32.3 Å². The normalized spacial score (nSPS) is 32.6. The quantitative estimate of drug-likeness (QED) is 0.752. The Hall–Kier alpha value is -0.0800. The molecule has 0 spiro atoms. The second kappa shape index (κ2) is 5.31. The Bertz CT molecular complexity index is 187. The lowest BCUT2D eigenvalue weighted by atomic mass is 9.70. The fourth-order valence-electron chi connectivity index (χ4n) is 3.11. The summed E-state index contributed by atoms with van der Waals surface area (Å²) in [6, 6.07) is 0.886. The van der Waals surface area contributed by atoms with Crippen LogP contribution in [0.5, 0.6) is 0 Å². The fraction of sp³-hybridized carbons (Fsp3) is 1.00. The zero-order valence-electron chi connectivity index (χ0n) is 10.7. The average Bonchev–Trinajstić information content (AvgIpc) is 2.10. The van der Waals surface area contributed by atoms with E-state index < -0.39 is 0 Å². The smallest absolute Gasteiger partial charge is 0.0584 e. The van der Waals surface area contributed by atoms with E-state index >= 15 is 0 Å². The first-order chi connectivity index (χ1) is 6.96. The van der Waals surface area contributed by atoms with Gasteiger partial charge in [-0.15, -0.1) is 0 Å². The lowest BCUT2D eigenvalue weighted by Gasteiger charge is -2.40. The summed E-state index contributed by atoms with van der Waals surface area (Å²) in [6.45, 7) is 9.46. The Morgan fingerprint density at radius 3 is 2.53 bits per heavy atom. The van der Waals surface area contributed by atoms with E-state index in [1.807, 2.05) is 0 Å². The van der Waals surface area contributed by atoms with Crippen molar-refractivity contribution in [3.05, 3.63) is 0 Å². The molecule has 0 aromatic carbocycles. The zero-order valence-corrected chi connectivity index (χ0v) is 10.7. The Labute approximate surface area is 94.5 Å². The van der Waals surface area contributed by atoms with Crippen LogP contribution in [0.4, 0.5) is 0 Å². The third-order valence-electron chi connectivity index (χ3n) is 3.57. The first-order valence-corrected chi connectivity index (χ1v) is 6.33. The van der Waals surface area contributed by atoms with Gasteiger partial charge >= 0.3 is 0 Å². The van der Waals surface area contributed by atoms with E-state index in [1.165, 1.54) is 19.3 Å². The Balaban J connectivity index is 2.47. The summed E-state index contributed by atoms with van der Waals surface area (Å²) in [4.78, 5) is 0. The lowest BCUT2D eigenvalue weighted by molar-refractivity contribution is 0.131. The Morgan fingerprint density at radius 2 is 2.07 bits per heavy atom. The molecule has 1 rings (SSSR count). The molecule has 1 fully saturated rings. The summed E-state index contributed by atoms with van der Waals surface area (Å²) >= 11 is 0. The van der Waals surface area contributed by atoms with E-state index in [4.69, 9.17) is 0 Å². The average molecular weight is 213 g/mol. The molecule has 1 saturated carbocycles. The minimum Gasteiger partial charge on any atom is -0.395 e. The predicted molar refractivity (Wildman–Crippen MR) is 64.9 cm³/mol. The highest BCUT2D eigenvalue weighted by molar-refractivity contribution is 4.87. The number of hydrogen-bond acceptors (Lipinski definition) is 2. The third kappa shape index (κ3) is 4.12. The number of aliphatic hydroxyl groups excluding tert-OH is 1. The van der Waals surface area contributed by atoms with E-state index in [2.05, 4.69) is 33.0 Å². The highest BCUT2D eigenvalue weighted by Crippen LogP contribution is 2.38. The second-order valence-corrected chi connectivity index (χ2v) is 6.06. The van der Waals surface area contributed by atoms with Crippen LogP contribution in [0.25, 0.3) is 0 Å². The summed E-state index contributed by atoms with van der Waals surface area (Å²) < 4.78 is 0. The first-order valence-electron chi connectivity index (χ1n) is 6.33. The highest BCUT2D eigenvalue weighted by Gasteiger charge is 2.32. The molecule has 0 aromatic rings. The maximum Gasteiger partial charge on any atom is 0.0584 e. The van der Waals surface area contributed by atoms with Crippen LogP contribution in [0.1, 0.15) is 53.4 Å². The third-order valence-corrected chi connectivity index (χ3v) is 3.57. The molecule has 0 saturated heterocycles. The molecule has 0 heterocycles. The first kappa shape index (κ1) is 13.0. The summed E-state index contributed by atoms with van der Waals surface area (Å²) in [5.74, 6) is 0.808. The van der Waals surface area contributed by atoms with Crippen molar-refractivity contribution in [2.45, 2.75) is 65.5 Å². The van der Waals surface area contributed by atoms with Crippen LogP contribution in [0, 0.1) is 11.3 Å². The number of rotatable bonds is 4. The van der Waals surface area contributed by atoms with Gasteiger partial charge in [0.05, 0.1) is 6.61 Å². The Kier molecular flexibility index (Phi) is 4.60. The predicted octanol–water partition coefficient (Wildman–Crippen LogP) is 2.56. The molecular formula is C13H27NO. The molecule has 2 nitrogen and oxygen atoms in total. The van der Waals surface area contributed by atoms with Gasteiger partial charge in [0.15, 0.2) is 0 Å². The lowest BCUT2D eigenvalue weighted by Crippen LogP contribution is -2.46. The molecule has 90 valence electrons. The molecular weight excluding hydrogens is 186 g/mol. The largest absolute Gasteiger partial charge is 0.395 e. The molecule has 1 aliphatic carbocycles. The SMILES string of the molecule is CC[C@H](CO)N[C@@H]1C[C@@H](C)CC(C)(C)C1. The van der Waals surface area contributed by atoms with Gasteiger partial charge < -0.3 is 10.4 Å². The maximum absolute atomic E-state index is 9.19. The maximum atomic E-state index is 9.19. The van der Waals surface area contributed by atoms with E-state index in [0.29, 0.717) is 11.5 Å². The molecule has 0 amide bonds. The molecule has 3 atom stereocenters. The van der Waals surface area contributed by atoms with E-state index in [1.54, 1.807) is 0 Å². The summed E-state index contributed by atoms with van der Waals surface area (Å²) in [5.41, 5.74) is 0.461. The van der Waals surface area contributed by atoms with Crippen molar-refractivity contribution >= 4 is 0 Å². The van der Waals surface area contributed by atoms with Gasteiger partial charge in [0.1, 0.15) is 0 Å². The second-order valence-electron chi connectivity index (χ2n) is 6.06. The molecule has 1 aliphatic rings. The Morgan fingerprint density at radius 1 is 1.40 bits per heavy atom. The van der Waals surface area contributed by atoms with Crippen molar-refractivity contribution < 1.29 is 5.11 Å². The zero-order chi connectivity index (χ0) is 11.5. The van der Waals surface area contributed by atoms with Gasteiger partial charge in [-0.1, -0.05) is 27.7 Å². The molecule has 15 heavy (non-hydrogen) atoms. The van der Waals surface area contributed by atoms with Crippen LogP contribution in [0.2, 0.25) is 0 Å². The van der Waals surface area contributed by atoms with E-state index in [-0.39, 0.29) is 12.6 Å². The van der Waals surface area contributed by atoms with Gasteiger partial charge in [-0.25, -0.2) is 0 Å². The standard InChI is InChI=1S/C13H27NO/c1-5-11(9-15)14-12-6-10(2)7-13(3,4)8-12/h10-12,14-15H,5-9H2,1-4H3/t10-,11-,12-/m1/s1. The number of nitrogens with one attached hydrogen (secondary N) is 1. The number of hydrogen-bond donors (Lipinski definition) is 2. The number of aliphatic hydroxyl groups is 1. The molecule has 2 heteroatoms. The van der Waals surface area contributed by atoms with Crippen molar-refractivity contribution in [1.29, 1.82) is 0 Å². The van der Waals surface area contributed by atoms with Crippen LogP contribution in [0.3, 0.4) is 0 Å². The van der Waals surface area contributed by atoms with Crippen LogP contribution in [-0.4, -0.2) is 23.8 Å². The van der Waals surface area contributed by atoms with Crippen LogP contribution >= 0.6 is 0 Å². The van der Waals surface area contributed by atoms with Crippen molar-refractivity contribution in [2.75, 3.05) is 6.61 Å². The van der Waals surface area contributed by atoms with E-state index in [0.717, 1.165) is 12.3 Å². The van der Waals surface area contributed by atoms with Gasteiger partial charge in [0.25, 0.3) is 0 Å². The van der Waals surface area contributed by atoms with Gasteiger partial charge in [-0.2, -0.15) is 0 Å². The van der Waals surface area contributed by atoms with Crippen LogP contribution in [-0.2, 0) is 0 Å². The van der Waals surface area contributed by atoms with Crippen LogP contribution in [0.15, 0.2) is 0 Å². The van der Waals surface area contributed by atoms with Gasteiger partial charge in [-0.3, -0.25) is 0 Å². The minimum absolute atomic E-state index is 0.266. The summed E-state index contributed by atoms with van der Waals surface area (Å²) in [7, 11) is 0.